The van der Waals surface area contributed by atoms with Crippen molar-refractivity contribution in [3.63, 3.8) is 0 Å². The monoisotopic (exact) mass is 239 g/mol. The molecule has 0 saturated heterocycles. The molecule has 2 N–H and O–H groups in total. The van der Waals surface area contributed by atoms with E-state index >= 15 is 0 Å². The number of pyridine rings is 1. The van der Waals surface area contributed by atoms with Crippen LogP contribution in [0.3, 0.4) is 0 Å². The lowest BCUT2D eigenvalue weighted by atomic mass is 10.2. The number of aromatic nitrogens is 1. The second kappa shape index (κ2) is 6.15. The first-order chi connectivity index (χ1) is 8.06. The minimum Gasteiger partial charge on any atom is -0.393 e. The number of hydrogen-bond acceptors (Lipinski definition) is 5. The van der Waals surface area contributed by atoms with Crippen LogP contribution in [0.15, 0.2) is 12.3 Å². The summed E-state index contributed by atoms with van der Waals surface area (Å²) in [4.78, 5) is 14.4. The molecule has 0 aliphatic carbocycles. The van der Waals surface area contributed by atoms with Crippen LogP contribution in [0.5, 0.6) is 0 Å². The molecule has 17 heavy (non-hydrogen) atoms. The van der Waals surface area contributed by atoms with Gasteiger partial charge in [-0.2, -0.15) is 0 Å². The van der Waals surface area contributed by atoms with Gasteiger partial charge in [0.05, 0.1) is 11.0 Å². The molecule has 6 nitrogen and oxygen atoms in total. The number of nitrogens with zero attached hydrogens (tertiary/aromatic N) is 2. The van der Waals surface area contributed by atoms with Crippen LogP contribution in [0, 0.1) is 17.0 Å². The van der Waals surface area contributed by atoms with Crippen molar-refractivity contribution >= 4 is 11.5 Å². The molecule has 1 unspecified atom stereocenters. The maximum atomic E-state index is 10.9. The van der Waals surface area contributed by atoms with E-state index in [-0.39, 0.29) is 17.6 Å². The van der Waals surface area contributed by atoms with Crippen LogP contribution < -0.4 is 5.32 Å². The van der Waals surface area contributed by atoms with Crippen molar-refractivity contribution in [2.45, 2.75) is 32.8 Å². The van der Waals surface area contributed by atoms with E-state index in [4.69, 9.17) is 0 Å². The molecule has 0 aliphatic heterocycles. The van der Waals surface area contributed by atoms with Gasteiger partial charge in [0.15, 0.2) is 0 Å². The Morgan fingerprint density at radius 3 is 2.94 bits per heavy atom. The zero-order chi connectivity index (χ0) is 12.8. The number of nitro groups is 1. The second-order valence-electron chi connectivity index (χ2n) is 3.86. The summed E-state index contributed by atoms with van der Waals surface area (Å²) >= 11 is 0. The van der Waals surface area contributed by atoms with Gasteiger partial charge >= 0.3 is 5.69 Å². The highest BCUT2D eigenvalue weighted by molar-refractivity contribution is 5.59. The summed E-state index contributed by atoms with van der Waals surface area (Å²) in [5.74, 6) is 0.262. The number of hydrogen-bond donors (Lipinski definition) is 2. The fourth-order valence-corrected chi connectivity index (χ4v) is 1.47. The Morgan fingerprint density at radius 1 is 1.65 bits per heavy atom. The van der Waals surface area contributed by atoms with E-state index in [2.05, 4.69) is 10.3 Å². The average molecular weight is 239 g/mol. The molecule has 0 bridgehead atoms. The van der Waals surface area contributed by atoms with Crippen LogP contribution in [-0.2, 0) is 0 Å². The van der Waals surface area contributed by atoms with Crippen LogP contribution in [0.25, 0.3) is 0 Å². The Hall–Kier alpha value is -1.69. The lowest BCUT2D eigenvalue weighted by Crippen LogP contribution is -2.14. The molecule has 1 aromatic heterocycles. The predicted molar refractivity (Wildman–Crippen MR) is 65.0 cm³/mol. The Labute approximate surface area is 99.8 Å². The van der Waals surface area contributed by atoms with Gasteiger partial charge < -0.3 is 10.4 Å². The van der Waals surface area contributed by atoms with Crippen LogP contribution >= 0.6 is 0 Å². The smallest absolute Gasteiger partial charge is 0.314 e. The van der Waals surface area contributed by atoms with Gasteiger partial charge in [0, 0.05) is 18.3 Å². The van der Waals surface area contributed by atoms with E-state index in [1.54, 1.807) is 13.0 Å². The molecule has 0 saturated carbocycles. The maximum absolute atomic E-state index is 10.9. The molecule has 0 radical (unpaired) electrons. The first kappa shape index (κ1) is 13.4. The fourth-order valence-electron chi connectivity index (χ4n) is 1.47. The average Bonchev–Trinajstić information content (AvgIpc) is 2.28. The van der Waals surface area contributed by atoms with Gasteiger partial charge in [-0.1, -0.05) is 6.92 Å². The summed E-state index contributed by atoms with van der Waals surface area (Å²) in [6.45, 7) is 4.02. The predicted octanol–water partition coefficient (Wildman–Crippen LogP) is 1.87. The molecule has 1 atom stereocenters. The van der Waals surface area contributed by atoms with Crippen molar-refractivity contribution in [2.24, 2.45) is 0 Å². The largest absolute Gasteiger partial charge is 0.393 e. The molecule has 0 aliphatic rings. The SMILES string of the molecule is CCC(O)CCNc1nccc(C)c1[N+](=O)[O-]. The highest BCUT2D eigenvalue weighted by Crippen LogP contribution is 2.25. The number of rotatable bonds is 6. The number of aryl methyl sites for hydroxylation is 1. The minimum absolute atomic E-state index is 0.00140. The van der Waals surface area contributed by atoms with Gasteiger partial charge in [-0.3, -0.25) is 10.1 Å². The van der Waals surface area contributed by atoms with Crippen LogP contribution in [-0.4, -0.2) is 27.7 Å². The number of anilines is 1. The third-order valence-corrected chi connectivity index (χ3v) is 2.55. The van der Waals surface area contributed by atoms with Crippen molar-refractivity contribution in [3.05, 3.63) is 27.9 Å². The summed E-state index contributed by atoms with van der Waals surface area (Å²) in [5, 5.41) is 23.1. The standard InChI is InChI=1S/C11H17N3O3/c1-3-9(15)5-7-13-11-10(14(16)17)8(2)4-6-12-11/h4,6,9,15H,3,5,7H2,1-2H3,(H,12,13). The van der Waals surface area contributed by atoms with Gasteiger partial charge in [0.25, 0.3) is 0 Å². The molecule has 0 aromatic carbocycles. The Balaban J connectivity index is 2.71. The first-order valence-corrected chi connectivity index (χ1v) is 5.58. The third kappa shape index (κ3) is 3.67. The molecular formula is C11H17N3O3. The molecule has 0 amide bonds. The van der Waals surface area contributed by atoms with Gasteiger partial charge in [0.2, 0.25) is 5.82 Å². The van der Waals surface area contributed by atoms with Crippen LogP contribution in [0.2, 0.25) is 0 Å². The summed E-state index contributed by atoms with van der Waals surface area (Å²) < 4.78 is 0. The first-order valence-electron chi connectivity index (χ1n) is 5.58. The summed E-state index contributed by atoms with van der Waals surface area (Å²) in [6, 6.07) is 1.60. The fraction of sp³-hybridized carbons (Fsp3) is 0.545. The Kier molecular flexibility index (Phi) is 4.84. The molecule has 0 spiro atoms. The highest BCUT2D eigenvalue weighted by atomic mass is 16.6. The molecule has 1 heterocycles. The van der Waals surface area contributed by atoms with Crippen LogP contribution in [0.4, 0.5) is 11.5 Å². The van der Waals surface area contributed by atoms with E-state index in [1.165, 1.54) is 6.20 Å². The third-order valence-electron chi connectivity index (χ3n) is 2.55. The Morgan fingerprint density at radius 2 is 2.35 bits per heavy atom. The minimum atomic E-state index is -0.444. The summed E-state index contributed by atoms with van der Waals surface area (Å²) in [6.07, 6.45) is 2.36. The summed E-state index contributed by atoms with van der Waals surface area (Å²) in [5.41, 5.74) is 0.571. The zero-order valence-corrected chi connectivity index (χ0v) is 10.0. The van der Waals surface area contributed by atoms with Gasteiger partial charge in [-0.15, -0.1) is 0 Å². The van der Waals surface area contributed by atoms with E-state index in [0.717, 1.165) is 0 Å². The second-order valence-corrected chi connectivity index (χ2v) is 3.86. The molecule has 0 fully saturated rings. The van der Waals surface area contributed by atoms with Crippen molar-refractivity contribution < 1.29 is 10.0 Å². The van der Waals surface area contributed by atoms with Crippen LogP contribution in [0.1, 0.15) is 25.3 Å². The van der Waals surface area contributed by atoms with E-state index in [1.807, 2.05) is 6.92 Å². The summed E-state index contributed by atoms with van der Waals surface area (Å²) in [7, 11) is 0. The van der Waals surface area contributed by atoms with Gasteiger partial charge in [-0.05, 0) is 25.8 Å². The highest BCUT2D eigenvalue weighted by Gasteiger charge is 2.17. The number of aliphatic hydroxyl groups excluding tert-OH is 1. The van der Waals surface area contributed by atoms with Crippen molar-refractivity contribution in [1.82, 2.24) is 4.98 Å². The van der Waals surface area contributed by atoms with Crippen molar-refractivity contribution in [3.8, 4) is 0 Å². The lowest BCUT2D eigenvalue weighted by molar-refractivity contribution is -0.384. The zero-order valence-electron chi connectivity index (χ0n) is 10.0. The molecule has 1 aromatic rings. The van der Waals surface area contributed by atoms with Crippen molar-refractivity contribution in [1.29, 1.82) is 0 Å². The topological polar surface area (TPSA) is 88.3 Å². The maximum Gasteiger partial charge on any atom is 0.314 e. The van der Waals surface area contributed by atoms with E-state index in [0.29, 0.717) is 24.9 Å². The van der Waals surface area contributed by atoms with E-state index < -0.39 is 4.92 Å². The lowest BCUT2D eigenvalue weighted by Gasteiger charge is -2.10. The molecule has 6 heteroatoms. The van der Waals surface area contributed by atoms with E-state index in [9.17, 15) is 15.2 Å². The van der Waals surface area contributed by atoms with Crippen molar-refractivity contribution in [2.75, 3.05) is 11.9 Å². The van der Waals surface area contributed by atoms with Gasteiger partial charge in [0.1, 0.15) is 0 Å². The molecular weight excluding hydrogens is 222 g/mol. The number of aliphatic hydroxyl groups is 1. The van der Waals surface area contributed by atoms with Gasteiger partial charge in [-0.25, -0.2) is 4.98 Å². The Bertz CT molecular complexity index is 396. The normalized spacial score (nSPS) is 12.2. The molecule has 94 valence electrons. The quantitative estimate of drug-likeness (QED) is 0.584. The number of nitrogens with one attached hydrogen (secondary N) is 1. The molecule has 1 rings (SSSR count).